The van der Waals surface area contributed by atoms with E-state index in [1.54, 1.807) is 0 Å². The summed E-state index contributed by atoms with van der Waals surface area (Å²) in [6.45, 7) is 6.70. The minimum absolute atomic E-state index is 0. The van der Waals surface area contributed by atoms with E-state index in [4.69, 9.17) is 0 Å². The molecule has 3 unspecified atom stereocenters. The molecule has 1 aliphatic heterocycles. The number of halogens is 1. The second kappa shape index (κ2) is 7.34. The molecule has 1 amide bonds. The van der Waals surface area contributed by atoms with Crippen LogP contribution in [0.2, 0.25) is 0 Å². The Balaban J connectivity index is 0.00000162. The molecule has 106 valence electrons. The highest BCUT2D eigenvalue weighted by atomic mass is 35.5. The molecule has 4 heteroatoms. The van der Waals surface area contributed by atoms with Gasteiger partial charge in [0.15, 0.2) is 0 Å². The molecule has 1 saturated heterocycles. The summed E-state index contributed by atoms with van der Waals surface area (Å²) >= 11 is 0. The van der Waals surface area contributed by atoms with Crippen LogP contribution < -0.4 is 10.6 Å². The van der Waals surface area contributed by atoms with Crippen LogP contribution in [0, 0.1) is 17.8 Å². The van der Waals surface area contributed by atoms with Crippen molar-refractivity contribution in [2.75, 3.05) is 13.1 Å². The predicted molar refractivity (Wildman–Crippen MR) is 77.0 cm³/mol. The number of rotatable bonds is 3. The summed E-state index contributed by atoms with van der Waals surface area (Å²) in [5.74, 6) is 2.35. The number of carbonyl (C=O) groups excluding carboxylic acids is 1. The van der Waals surface area contributed by atoms with E-state index in [9.17, 15) is 4.79 Å². The lowest BCUT2D eigenvalue weighted by Gasteiger charge is -2.32. The quantitative estimate of drug-likeness (QED) is 0.830. The van der Waals surface area contributed by atoms with E-state index in [0.29, 0.717) is 18.4 Å². The first-order valence-electron chi connectivity index (χ1n) is 7.13. The summed E-state index contributed by atoms with van der Waals surface area (Å²) in [5, 5.41) is 6.56. The SMILES string of the molecule is CC1CC(C)CC(NC(=O)CC2CCNC2)C1.Cl. The fourth-order valence-corrected chi connectivity index (χ4v) is 3.50. The van der Waals surface area contributed by atoms with Crippen LogP contribution in [0.4, 0.5) is 0 Å². The van der Waals surface area contributed by atoms with Crippen LogP contribution in [0.3, 0.4) is 0 Å². The average Bonchev–Trinajstić information content (AvgIpc) is 2.67. The van der Waals surface area contributed by atoms with Gasteiger partial charge in [-0.05, 0) is 56.5 Å². The molecule has 1 heterocycles. The van der Waals surface area contributed by atoms with Gasteiger partial charge in [-0.3, -0.25) is 4.79 Å². The third-order valence-corrected chi connectivity index (χ3v) is 4.18. The van der Waals surface area contributed by atoms with Crippen molar-refractivity contribution in [1.29, 1.82) is 0 Å². The molecule has 2 N–H and O–H groups in total. The lowest BCUT2D eigenvalue weighted by Crippen LogP contribution is -2.40. The zero-order valence-electron chi connectivity index (χ0n) is 11.6. The maximum absolute atomic E-state index is 11.9. The van der Waals surface area contributed by atoms with E-state index in [1.807, 2.05) is 0 Å². The fourth-order valence-electron chi connectivity index (χ4n) is 3.50. The summed E-state index contributed by atoms with van der Waals surface area (Å²) in [5.41, 5.74) is 0. The molecule has 0 spiro atoms. The number of hydrogen-bond acceptors (Lipinski definition) is 2. The van der Waals surface area contributed by atoms with Crippen molar-refractivity contribution in [1.82, 2.24) is 10.6 Å². The third kappa shape index (κ3) is 4.77. The van der Waals surface area contributed by atoms with Gasteiger partial charge in [-0.1, -0.05) is 13.8 Å². The number of amides is 1. The Morgan fingerprint density at radius 1 is 1.22 bits per heavy atom. The highest BCUT2D eigenvalue weighted by Crippen LogP contribution is 2.28. The Morgan fingerprint density at radius 3 is 2.44 bits per heavy atom. The molecule has 0 aromatic carbocycles. The molecule has 2 rings (SSSR count). The molecule has 3 nitrogen and oxygen atoms in total. The van der Waals surface area contributed by atoms with Gasteiger partial charge in [0.25, 0.3) is 0 Å². The zero-order valence-corrected chi connectivity index (χ0v) is 12.4. The molecule has 1 aliphatic carbocycles. The molecule has 0 aromatic heterocycles. The maximum Gasteiger partial charge on any atom is 0.220 e. The highest BCUT2D eigenvalue weighted by molar-refractivity contribution is 5.85. The van der Waals surface area contributed by atoms with Crippen LogP contribution in [0.15, 0.2) is 0 Å². The molecule has 3 atom stereocenters. The summed E-state index contributed by atoms with van der Waals surface area (Å²) < 4.78 is 0. The smallest absolute Gasteiger partial charge is 0.220 e. The van der Waals surface area contributed by atoms with Gasteiger partial charge in [-0.2, -0.15) is 0 Å². The molecular weight excluding hydrogens is 248 g/mol. The monoisotopic (exact) mass is 274 g/mol. The molecule has 18 heavy (non-hydrogen) atoms. The number of carbonyl (C=O) groups is 1. The van der Waals surface area contributed by atoms with Gasteiger partial charge in [-0.25, -0.2) is 0 Å². The van der Waals surface area contributed by atoms with Crippen molar-refractivity contribution in [3.63, 3.8) is 0 Å². The van der Waals surface area contributed by atoms with Crippen molar-refractivity contribution in [2.24, 2.45) is 17.8 Å². The Kier molecular flexibility index (Phi) is 6.44. The number of nitrogens with one attached hydrogen (secondary N) is 2. The van der Waals surface area contributed by atoms with Crippen molar-refractivity contribution in [3.05, 3.63) is 0 Å². The Hall–Kier alpha value is -0.280. The van der Waals surface area contributed by atoms with Crippen molar-refractivity contribution < 1.29 is 4.79 Å². The molecule has 0 radical (unpaired) electrons. The van der Waals surface area contributed by atoms with E-state index in [-0.39, 0.29) is 18.3 Å². The molecular formula is C14H27ClN2O. The fraction of sp³-hybridized carbons (Fsp3) is 0.929. The number of hydrogen-bond donors (Lipinski definition) is 2. The lowest BCUT2D eigenvalue weighted by atomic mass is 9.80. The normalized spacial score (nSPS) is 35.9. The summed E-state index contributed by atoms with van der Waals surface area (Å²) in [4.78, 5) is 11.9. The summed E-state index contributed by atoms with van der Waals surface area (Å²) in [6, 6.07) is 0.426. The first-order valence-corrected chi connectivity index (χ1v) is 7.13. The minimum atomic E-state index is 0. The van der Waals surface area contributed by atoms with Gasteiger partial charge in [0.05, 0.1) is 0 Å². The van der Waals surface area contributed by atoms with Crippen LogP contribution in [-0.4, -0.2) is 25.0 Å². The minimum Gasteiger partial charge on any atom is -0.353 e. The van der Waals surface area contributed by atoms with E-state index in [1.165, 1.54) is 19.3 Å². The van der Waals surface area contributed by atoms with Crippen LogP contribution >= 0.6 is 12.4 Å². The van der Waals surface area contributed by atoms with E-state index in [0.717, 1.165) is 31.3 Å². The van der Waals surface area contributed by atoms with E-state index in [2.05, 4.69) is 24.5 Å². The summed E-state index contributed by atoms with van der Waals surface area (Å²) in [7, 11) is 0. The first-order chi connectivity index (χ1) is 8.13. The van der Waals surface area contributed by atoms with Crippen LogP contribution in [0.25, 0.3) is 0 Å². The van der Waals surface area contributed by atoms with Gasteiger partial charge < -0.3 is 10.6 Å². The van der Waals surface area contributed by atoms with Gasteiger partial charge in [0, 0.05) is 12.5 Å². The summed E-state index contributed by atoms with van der Waals surface area (Å²) in [6.07, 6.45) is 5.52. The third-order valence-electron chi connectivity index (χ3n) is 4.18. The average molecular weight is 275 g/mol. The Bertz CT molecular complexity index is 257. The van der Waals surface area contributed by atoms with E-state index >= 15 is 0 Å². The van der Waals surface area contributed by atoms with Crippen molar-refractivity contribution in [2.45, 2.75) is 52.0 Å². The molecule has 2 aliphatic rings. The predicted octanol–water partition coefficient (Wildman–Crippen LogP) is 2.35. The van der Waals surface area contributed by atoms with Crippen LogP contribution in [0.1, 0.15) is 46.0 Å². The van der Waals surface area contributed by atoms with Gasteiger partial charge >= 0.3 is 0 Å². The lowest BCUT2D eigenvalue weighted by molar-refractivity contribution is -0.123. The molecule has 0 bridgehead atoms. The van der Waals surface area contributed by atoms with Gasteiger partial charge in [0.1, 0.15) is 0 Å². The first kappa shape index (κ1) is 15.8. The van der Waals surface area contributed by atoms with Gasteiger partial charge in [0.2, 0.25) is 5.91 Å². The van der Waals surface area contributed by atoms with Gasteiger partial charge in [-0.15, -0.1) is 12.4 Å². The second-order valence-corrected chi connectivity index (χ2v) is 6.24. The molecule has 0 aromatic rings. The highest BCUT2D eigenvalue weighted by Gasteiger charge is 2.26. The largest absolute Gasteiger partial charge is 0.353 e. The van der Waals surface area contributed by atoms with Crippen LogP contribution in [-0.2, 0) is 4.79 Å². The van der Waals surface area contributed by atoms with Crippen molar-refractivity contribution in [3.8, 4) is 0 Å². The van der Waals surface area contributed by atoms with E-state index < -0.39 is 0 Å². The second-order valence-electron chi connectivity index (χ2n) is 6.24. The Morgan fingerprint density at radius 2 is 1.89 bits per heavy atom. The van der Waals surface area contributed by atoms with Crippen molar-refractivity contribution >= 4 is 18.3 Å². The maximum atomic E-state index is 11.9. The molecule has 1 saturated carbocycles. The Labute approximate surface area is 117 Å². The molecule has 2 fully saturated rings. The van der Waals surface area contributed by atoms with Crippen LogP contribution in [0.5, 0.6) is 0 Å². The zero-order chi connectivity index (χ0) is 12.3. The topological polar surface area (TPSA) is 41.1 Å². The standard InChI is InChI=1S/C14H26N2O.ClH/c1-10-5-11(2)7-13(6-10)16-14(17)8-12-3-4-15-9-12;/h10-13,15H,3-9H2,1-2H3,(H,16,17);1H.